The Balaban J connectivity index is 1.32. The van der Waals surface area contributed by atoms with Gasteiger partial charge in [-0.05, 0) is 5.56 Å². The first-order valence-corrected chi connectivity index (χ1v) is 12.8. The van der Waals surface area contributed by atoms with Gasteiger partial charge in [0.2, 0.25) is 0 Å². The molecule has 2 aliphatic heterocycles. The van der Waals surface area contributed by atoms with Crippen molar-refractivity contribution in [3.05, 3.63) is 76.3 Å². The van der Waals surface area contributed by atoms with E-state index in [2.05, 4.69) is 20.5 Å². The number of anilines is 2. The zero-order valence-corrected chi connectivity index (χ0v) is 20.8. The Bertz CT molecular complexity index is 1480. The molecule has 0 saturated carbocycles. The zero-order valence-electron chi connectivity index (χ0n) is 20.0. The lowest BCUT2D eigenvalue weighted by molar-refractivity contribution is -0.119. The van der Waals surface area contributed by atoms with Crippen LogP contribution in [-0.4, -0.2) is 59.1 Å². The number of aromatic nitrogens is 3. The number of hydrogen-bond acceptors (Lipinski definition) is 10. The molecule has 38 heavy (non-hydrogen) atoms. The molecule has 0 bridgehead atoms. The second kappa shape index (κ2) is 10.4. The number of hydrogen-bond donors (Lipinski definition) is 1. The van der Waals surface area contributed by atoms with Crippen LogP contribution in [0.15, 0.2) is 64.0 Å². The summed E-state index contributed by atoms with van der Waals surface area (Å²) in [5, 5.41) is 11.2. The number of morpholine rings is 1. The Kier molecular flexibility index (Phi) is 6.64. The maximum atomic E-state index is 13.5. The molecule has 1 saturated heterocycles. The van der Waals surface area contributed by atoms with Crippen LogP contribution >= 0.6 is 11.3 Å². The van der Waals surface area contributed by atoms with Crippen LogP contribution in [0, 0.1) is 0 Å². The number of Topliss-reactive ketones (excluding diaryl/α,β-unsaturated/α-hetero) is 1. The van der Waals surface area contributed by atoms with Gasteiger partial charge in [0, 0.05) is 30.6 Å². The number of fused-ring (bicyclic) bond motifs is 1. The normalized spacial score (nSPS) is 17.8. The lowest BCUT2D eigenvalue weighted by Crippen LogP contribution is -2.35. The Morgan fingerprint density at radius 1 is 1.03 bits per heavy atom. The Hall–Kier alpha value is -4.03. The monoisotopic (exact) mass is 536 g/mol. The zero-order chi connectivity index (χ0) is 26.1. The van der Waals surface area contributed by atoms with Gasteiger partial charge in [-0.15, -0.1) is 5.10 Å². The first kappa shape index (κ1) is 24.3. The van der Waals surface area contributed by atoms with E-state index in [0.29, 0.717) is 37.0 Å². The summed E-state index contributed by atoms with van der Waals surface area (Å²) in [5.74, 6) is -0.195. The van der Waals surface area contributed by atoms with Crippen LogP contribution in [0.25, 0.3) is 11.6 Å². The topological polar surface area (TPSA) is 106 Å². The first-order valence-electron chi connectivity index (χ1n) is 12.0. The van der Waals surface area contributed by atoms with Gasteiger partial charge in [0.15, 0.2) is 22.7 Å². The van der Waals surface area contributed by atoms with E-state index < -0.39 is 12.6 Å². The van der Waals surface area contributed by atoms with Gasteiger partial charge in [-0.3, -0.25) is 9.79 Å². The van der Waals surface area contributed by atoms with Crippen molar-refractivity contribution >= 4 is 33.8 Å². The minimum absolute atomic E-state index is 0.0197. The average Bonchev–Trinajstić information content (AvgIpc) is 3.57. The Morgan fingerprint density at radius 2 is 1.79 bits per heavy atom. The highest BCUT2D eigenvalue weighted by molar-refractivity contribution is 7.16. The van der Waals surface area contributed by atoms with Gasteiger partial charge in [-0.25, -0.2) is 13.8 Å². The summed E-state index contributed by atoms with van der Waals surface area (Å²) >= 11 is 0.893. The average molecular weight is 537 g/mol. The molecule has 6 rings (SSSR count). The van der Waals surface area contributed by atoms with Gasteiger partial charge in [0.1, 0.15) is 5.00 Å². The number of thiazole rings is 1. The number of rotatable bonds is 6. The molecule has 2 aromatic heterocycles. The third kappa shape index (κ3) is 4.79. The van der Waals surface area contributed by atoms with Crippen LogP contribution in [0.3, 0.4) is 0 Å². The van der Waals surface area contributed by atoms with Crippen LogP contribution in [0.1, 0.15) is 28.1 Å². The minimum Gasteiger partial charge on any atom is -0.402 e. The summed E-state index contributed by atoms with van der Waals surface area (Å²) in [6, 6.07) is 17.2. The number of carbonyl (C=O) groups is 1. The highest BCUT2D eigenvalue weighted by Crippen LogP contribution is 2.39. The molecule has 9 nitrogen and oxygen atoms in total. The number of halogens is 2. The van der Waals surface area contributed by atoms with Gasteiger partial charge in [-0.1, -0.05) is 71.0 Å². The molecule has 4 heterocycles. The van der Waals surface area contributed by atoms with E-state index in [0.717, 1.165) is 28.0 Å². The van der Waals surface area contributed by atoms with E-state index >= 15 is 0 Å². The second-order valence-electron chi connectivity index (χ2n) is 8.71. The maximum Gasteiger partial charge on any atom is 0.317 e. The van der Waals surface area contributed by atoms with Gasteiger partial charge in [0.25, 0.3) is 12.3 Å². The van der Waals surface area contributed by atoms with Crippen LogP contribution in [0.2, 0.25) is 0 Å². The fourth-order valence-electron chi connectivity index (χ4n) is 4.44. The molecule has 1 fully saturated rings. The van der Waals surface area contributed by atoms with Gasteiger partial charge < -0.3 is 19.4 Å². The number of carbonyl (C=O) groups excluding carboxylic acids is 1. The van der Waals surface area contributed by atoms with E-state index in [9.17, 15) is 13.6 Å². The van der Waals surface area contributed by atoms with E-state index in [1.165, 1.54) is 0 Å². The number of nitrogens with zero attached hydrogens (tertiary/aromatic N) is 5. The fraction of sp³-hybridized carbons (Fsp3) is 0.269. The predicted molar refractivity (Wildman–Crippen MR) is 138 cm³/mol. The van der Waals surface area contributed by atoms with Crippen LogP contribution in [0.5, 0.6) is 0 Å². The molecule has 194 valence electrons. The summed E-state index contributed by atoms with van der Waals surface area (Å²) in [4.78, 5) is 24.0. The van der Waals surface area contributed by atoms with E-state index in [1.54, 1.807) is 0 Å². The lowest BCUT2D eigenvalue weighted by Gasteiger charge is -2.27. The van der Waals surface area contributed by atoms with Crippen LogP contribution in [-0.2, 0) is 16.0 Å². The highest BCUT2D eigenvalue weighted by atomic mass is 32.1. The number of ketones is 1. The summed E-state index contributed by atoms with van der Waals surface area (Å²) in [6.07, 6.45) is -3.55. The van der Waals surface area contributed by atoms with Crippen molar-refractivity contribution in [1.29, 1.82) is 0 Å². The maximum absolute atomic E-state index is 13.5. The molecule has 12 heteroatoms. The van der Waals surface area contributed by atoms with Crippen LogP contribution in [0.4, 0.5) is 19.8 Å². The molecular formula is C26H22F2N6O3S. The lowest BCUT2D eigenvalue weighted by atomic mass is 9.96. The van der Waals surface area contributed by atoms with E-state index in [-0.39, 0.29) is 34.8 Å². The molecule has 1 N–H and O–H groups in total. The minimum atomic E-state index is -2.73. The molecule has 1 atom stereocenters. The number of alkyl halides is 2. The highest BCUT2D eigenvalue weighted by Gasteiger charge is 2.30. The summed E-state index contributed by atoms with van der Waals surface area (Å²) in [7, 11) is 0. The SMILES string of the molecule is O=C1Cc2ccccc2C(c2ccccc2)=N[C@@H]1Nc1nnc(-c2nc(C(F)F)sc2N2CCOCC2)o1. The summed E-state index contributed by atoms with van der Waals surface area (Å²) in [6.45, 7) is 2.02. The molecule has 0 unspecified atom stereocenters. The predicted octanol–water partition coefficient (Wildman–Crippen LogP) is 4.37. The van der Waals surface area contributed by atoms with Gasteiger partial charge in [-0.2, -0.15) is 0 Å². The van der Waals surface area contributed by atoms with Crippen molar-refractivity contribution in [2.24, 2.45) is 4.99 Å². The third-order valence-electron chi connectivity index (χ3n) is 6.25. The first-order chi connectivity index (χ1) is 18.6. The Labute approximate surface area is 220 Å². The standard InChI is InChI=1S/C26H22F2N6O3S/c27-21(28)24-30-20(25(38-24)34-10-12-36-13-11-34)23-32-33-26(37-23)31-22-18(35)14-16-8-4-5-9-17(16)19(29-22)15-6-2-1-3-7-15/h1-9,21-22H,10-14H2,(H,31,33)/t22-/m1/s1. The van der Waals surface area contributed by atoms with Gasteiger partial charge in [0.05, 0.1) is 18.9 Å². The fourth-order valence-corrected chi connectivity index (χ4v) is 5.40. The smallest absolute Gasteiger partial charge is 0.317 e. The molecule has 2 aliphatic rings. The van der Waals surface area contributed by atoms with Crippen molar-refractivity contribution < 1.29 is 22.7 Å². The third-order valence-corrected chi connectivity index (χ3v) is 7.37. The Morgan fingerprint density at radius 3 is 2.58 bits per heavy atom. The van der Waals surface area contributed by atoms with Crippen molar-refractivity contribution in [1.82, 2.24) is 15.2 Å². The van der Waals surface area contributed by atoms with Crippen LogP contribution < -0.4 is 10.2 Å². The van der Waals surface area contributed by atoms with E-state index in [1.807, 2.05) is 59.5 Å². The van der Waals surface area contributed by atoms with Crippen molar-refractivity contribution in [3.63, 3.8) is 0 Å². The molecular weight excluding hydrogens is 514 g/mol. The molecule has 0 radical (unpaired) electrons. The summed E-state index contributed by atoms with van der Waals surface area (Å²) < 4.78 is 38.2. The van der Waals surface area contributed by atoms with Gasteiger partial charge >= 0.3 is 6.01 Å². The molecule has 0 aliphatic carbocycles. The van der Waals surface area contributed by atoms with Crippen molar-refractivity contribution in [2.45, 2.75) is 19.0 Å². The summed E-state index contributed by atoms with van der Waals surface area (Å²) in [5.41, 5.74) is 3.46. The van der Waals surface area contributed by atoms with Crippen molar-refractivity contribution in [2.75, 3.05) is 36.5 Å². The molecule has 2 aromatic carbocycles. The number of nitrogens with one attached hydrogen (secondary N) is 1. The molecule has 4 aromatic rings. The van der Waals surface area contributed by atoms with E-state index in [4.69, 9.17) is 14.1 Å². The number of aliphatic imine (C=N–C) groups is 1. The van der Waals surface area contributed by atoms with Crippen molar-refractivity contribution in [3.8, 4) is 11.6 Å². The molecule has 0 amide bonds. The number of ether oxygens (including phenoxy) is 1. The largest absolute Gasteiger partial charge is 0.402 e. The molecule has 0 spiro atoms. The number of benzene rings is 2. The quantitative estimate of drug-likeness (QED) is 0.387. The second-order valence-corrected chi connectivity index (χ2v) is 9.72.